The smallest absolute Gasteiger partial charge is 0.311 e. The molecule has 2 aromatic carbocycles. The van der Waals surface area contributed by atoms with E-state index in [2.05, 4.69) is 5.32 Å². The van der Waals surface area contributed by atoms with Gasteiger partial charge in [-0.3, -0.25) is 10.1 Å². The molecule has 3 rings (SSSR count). The molecule has 0 aliphatic heterocycles. The van der Waals surface area contributed by atoms with Gasteiger partial charge in [0.25, 0.3) is 0 Å². The van der Waals surface area contributed by atoms with E-state index in [1.165, 1.54) is 11.3 Å². The zero-order chi connectivity index (χ0) is 14.8. The Morgan fingerprint density at radius 2 is 1.86 bits per heavy atom. The lowest BCUT2D eigenvalue weighted by Gasteiger charge is -2.08. The molecule has 0 atom stereocenters. The van der Waals surface area contributed by atoms with Gasteiger partial charge in [0.2, 0.25) is 0 Å². The number of fused-ring (bicyclic) bond motifs is 1. The molecular weight excluding hydrogens is 288 g/mol. The highest BCUT2D eigenvalue weighted by Crippen LogP contribution is 2.43. The predicted molar refractivity (Wildman–Crippen MR) is 84.8 cm³/mol. The molecule has 6 heteroatoms. The second-order valence-corrected chi connectivity index (χ2v) is 5.41. The van der Waals surface area contributed by atoms with Gasteiger partial charge in [0.05, 0.1) is 23.1 Å². The van der Waals surface area contributed by atoms with Crippen LogP contribution in [-0.2, 0) is 0 Å². The SMILES string of the molecule is COc1ccccc1Nc1sc2ccccc2c1[N+](=O)[O-]. The summed E-state index contributed by atoms with van der Waals surface area (Å²) in [6.07, 6.45) is 0. The standard InChI is InChI=1S/C15H12N2O3S/c1-20-12-8-4-3-7-11(12)16-15-14(17(18)19)10-6-2-5-9-13(10)21-15/h2-9,16H,1H3. The number of thiophene rings is 1. The van der Waals surface area contributed by atoms with Crippen LogP contribution in [0.5, 0.6) is 5.75 Å². The Labute approximate surface area is 124 Å². The van der Waals surface area contributed by atoms with Crippen molar-refractivity contribution >= 4 is 37.8 Å². The summed E-state index contributed by atoms with van der Waals surface area (Å²) in [4.78, 5) is 11.0. The van der Waals surface area contributed by atoms with E-state index in [0.29, 0.717) is 21.8 Å². The Bertz CT molecular complexity index is 814. The van der Waals surface area contributed by atoms with Gasteiger partial charge in [0, 0.05) is 4.70 Å². The number of para-hydroxylation sites is 2. The Morgan fingerprint density at radius 1 is 1.14 bits per heavy atom. The molecule has 106 valence electrons. The molecule has 0 saturated heterocycles. The highest BCUT2D eigenvalue weighted by atomic mass is 32.1. The van der Waals surface area contributed by atoms with E-state index >= 15 is 0 Å². The number of nitrogens with one attached hydrogen (secondary N) is 1. The van der Waals surface area contributed by atoms with Crippen molar-refractivity contribution in [2.75, 3.05) is 12.4 Å². The van der Waals surface area contributed by atoms with Gasteiger partial charge in [-0.05, 0) is 24.3 Å². The molecule has 21 heavy (non-hydrogen) atoms. The van der Waals surface area contributed by atoms with Crippen LogP contribution in [0.1, 0.15) is 0 Å². The van der Waals surface area contributed by atoms with Gasteiger partial charge in [0.1, 0.15) is 5.75 Å². The van der Waals surface area contributed by atoms with Gasteiger partial charge in [0.15, 0.2) is 5.00 Å². The summed E-state index contributed by atoms with van der Waals surface area (Å²) < 4.78 is 6.14. The Balaban J connectivity index is 2.12. The number of ether oxygens (including phenoxy) is 1. The average molecular weight is 300 g/mol. The molecule has 0 spiro atoms. The normalized spacial score (nSPS) is 10.5. The van der Waals surface area contributed by atoms with Gasteiger partial charge < -0.3 is 10.1 Å². The summed E-state index contributed by atoms with van der Waals surface area (Å²) in [5.74, 6) is 0.643. The number of benzene rings is 2. The minimum atomic E-state index is -0.351. The first kappa shape index (κ1) is 13.4. The van der Waals surface area contributed by atoms with Crippen molar-refractivity contribution in [1.29, 1.82) is 0 Å². The summed E-state index contributed by atoms with van der Waals surface area (Å²) in [6.45, 7) is 0. The monoisotopic (exact) mass is 300 g/mol. The molecule has 3 aromatic rings. The number of hydrogen-bond donors (Lipinski definition) is 1. The second kappa shape index (κ2) is 5.41. The maximum Gasteiger partial charge on any atom is 0.311 e. The summed E-state index contributed by atoms with van der Waals surface area (Å²) in [5, 5.41) is 15.6. The molecule has 0 bridgehead atoms. The van der Waals surface area contributed by atoms with Crippen LogP contribution in [0.2, 0.25) is 0 Å². The van der Waals surface area contributed by atoms with Crippen LogP contribution in [0, 0.1) is 10.1 Å². The molecule has 1 N–H and O–H groups in total. The maximum atomic E-state index is 11.4. The molecule has 1 heterocycles. The lowest BCUT2D eigenvalue weighted by atomic mass is 10.2. The van der Waals surface area contributed by atoms with Crippen LogP contribution in [0.4, 0.5) is 16.4 Å². The minimum absolute atomic E-state index is 0.0986. The zero-order valence-electron chi connectivity index (χ0n) is 11.2. The van der Waals surface area contributed by atoms with E-state index < -0.39 is 0 Å². The third-order valence-electron chi connectivity index (χ3n) is 3.11. The van der Waals surface area contributed by atoms with Gasteiger partial charge in [-0.2, -0.15) is 0 Å². The zero-order valence-corrected chi connectivity index (χ0v) is 12.0. The first-order valence-corrected chi connectivity index (χ1v) is 7.08. The van der Waals surface area contributed by atoms with E-state index in [9.17, 15) is 10.1 Å². The van der Waals surface area contributed by atoms with Crippen LogP contribution in [0.15, 0.2) is 48.5 Å². The van der Waals surface area contributed by atoms with E-state index in [1.54, 1.807) is 19.2 Å². The largest absolute Gasteiger partial charge is 0.495 e. The molecule has 0 radical (unpaired) electrons. The molecule has 0 aliphatic carbocycles. The predicted octanol–water partition coefficient (Wildman–Crippen LogP) is 4.56. The Morgan fingerprint density at radius 3 is 2.62 bits per heavy atom. The maximum absolute atomic E-state index is 11.4. The fourth-order valence-corrected chi connectivity index (χ4v) is 3.25. The number of nitrogens with zero attached hydrogens (tertiary/aromatic N) is 1. The van der Waals surface area contributed by atoms with Crippen LogP contribution in [-0.4, -0.2) is 12.0 Å². The molecule has 0 amide bonds. The number of rotatable bonds is 4. The van der Waals surface area contributed by atoms with Crippen molar-refractivity contribution in [3.05, 3.63) is 58.6 Å². The molecular formula is C15H12N2O3S. The van der Waals surface area contributed by atoms with Crippen molar-refractivity contribution in [3.63, 3.8) is 0 Å². The molecule has 0 saturated carbocycles. The van der Waals surface area contributed by atoms with Gasteiger partial charge in [-0.15, -0.1) is 11.3 Å². The summed E-state index contributed by atoms with van der Waals surface area (Å²) >= 11 is 1.36. The van der Waals surface area contributed by atoms with Gasteiger partial charge >= 0.3 is 5.69 Å². The summed E-state index contributed by atoms with van der Waals surface area (Å²) in [7, 11) is 1.57. The first-order chi connectivity index (χ1) is 10.2. The van der Waals surface area contributed by atoms with Crippen molar-refractivity contribution in [2.24, 2.45) is 0 Å². The summed E-state index contributed by atoms with van der Waals surface area (Å²) in [6, 6.07) is 14.6. The van der Waals surface area contributed by atoms with E-state index in [-0.39, 0.29) is 10.6 Å². The van der Waals surface area contributed by atoms with Crippen LogP contribution in [0.3, 0.4) is 0 Å². The highest BCUT2D eigenvalue weighted by molar-refractivity contribution is 7.23. The third-order valence-corrected chi connectivity index (χ3v) is 4.18. The van der Waals surface area contributed by atoms with Gasteiger partial charge in [-0.1, -0.05) is 24.3 Å². The molecule has 0 unspecified atom stereocenters. The Kier molecular flexibility index (Phi) is 3.45. The average Bonchev–Trinajstić information content (AvgIpc) is 2.85. The number of nitro groups is 1. The second-order valence-electron chi connectivity index (χ2n) is 4.36. The Hall–Kier alpha value is -2.60. The lowest BCUT2D eigenvalue weighted by molar-refractivity contribution is -0.381. The van der Waals surface area contributed by atoms with Crippen LogP contribution < -0.4 is 10.1 Å². The summed E-state index contributed by atoms with van der Waals surface area (Å²) in [5.41, 5.74) is 0.802. The van der Waals surface area contributed by atoms with E-state index in [0.717, 1.165) is 4.70 Å². The fraction of sp³-hybridized carbons (Fsp3) is 0.0667. The van der Waals surface area contributed by atoms with E-state index in [1.807, 2.05) is 36.4 Å². The molecule has 0 aliphatic rings. The van der Waals surface area contributed by atoms with Crippen molar-refractivity contribution in [1.82, 2.24) is 0 Å². The number of methoxy groups -OCH3 is 1. The fourth-order valence-electron chi connectivity index (χ4n) is 2.17. The van der Waals surface area contributed by atoms with Crippen LogP contribution >= 0.6 is 11.3 Å². The topological polar surface area (TPSA) is 64.4 Å². The van der Waals surface area contributed by atoms with Gasteiger partial charge in [-0.25, -0.2) is 0 Å². The number of anilines is 2. The number of hydrogen-bond acceptors (Lipinski definition) is 5. The lowest BCUT2D eigenvalue weighted by Crippen LogP contribution is -1.96. The minimum Gasteiger partial charge on any atom is -0.495 e. The van der Waals surface area contributed by atoms with Crippen molar-refractivity contribution < 1.29 is 9.66 Å². The molecule has 0 fully saturated rings. The van der Waals surface area contributed by atoms with Crippen molar-refractivity contribution in [3.8, 4) is 5.75 Å². The van der Waals surface area contributed by atoms with Crippen LogP contribution in [0.25, 0.3) is 10.1 Å². The molecule has 1 aromatic heterocycles. The highest BCUT2D eigenvalue weighted by Gasteiger charge is 2.22. The van der Waals surface area contributed by atoms with E-state index in [4.69, 9.17) is 4.74 Å². The quantitative estimate of drug-likeness (QED) is 0.566. The molecule has 5 nitrogen and oxygen atoms in total. The first-order valence-electron chi connectivity index (χ1n) is 6.26. The van der Waals surface area contributed by atoms with Crippen molar-refractivity contribution in [2.45, 2.75) is 0 Å². The third kappa shape index (κ3) is 2.41.